The maximum atomic E-state index is 9.06. The summed E-state index contributed by atoms with van der Waals surface area (Å²) in [5, 5.41) is 12.7. The molecule has 1 aliphatic carbocycles. The van der Waals surface area contributed by atoms with E-state index < -0.39 is 0 Å². The molecule has 1 saturated carbocycles. The highest BCUT2D eigenvalue weighted by molar-refractivity contribution is 6.17. The lowest BCUT2D eigenvalue weighted by molar-refractivity contribution is 0.178. The van der Waals surface area contributed by atoms with Crippen LogP contribution in [0.1, 0.15) is 78.7 Å². The maximum absolute atomic E-state index is 9.06. The van der Waals surface area contributed by atoms with E-state index in [0.29, 0.717) is 40.9 Å². The van der Waals surface area contributed by atoms with Crippen LogP contribution >= 0.6 is 0 Å². The molecular weight excluding hydrogens is 518 g/mol. The van der Waals surface area contributed by atoms with Crippen LogP contribution in [0.4, 0.5) is 11.6 Å². The van der Waals surface area contributed by atoms with Crippen LogP contribution in [0.3, 0.4) is 0 Å². The summed E-state index contributed by atoms with van der Waals surface area (Å²) >= 11 is 0. The standard InChI is InChI=1S/C35H55N7/c1-10-12-16-26(5)17-13-14-18-28(15-11-2)33(36)32-34(37)38-24-39-35(32)40-29-19-21-30(22-20-29)42(9)27(6)31(41(7)8)23-25(3)4/h10-16,18,24-25,29-31,36H,6,17,19-23H2,1-5,7-9H3,(H3,37,38,39,40)/b12-10-,14-13+,15-11-,26-16+,28-18+,36-33?/t29?,30?,31-/m0/s1. The van der Waals surface area contributed by atoms with Gasteiger partial charge in [-0.15, -0.1) is 0 Å². The minimum Gasteiger partial charge on any atom is -0.383 e. The predicted molar refractivity (Wildman–Crippen MR) is 182 cm³/mol. The fraction of sp³-hybridized carbons (Fsp3) is 0.514. The first-order chi connectivity index (χ1) is 20.0. The van der Waals surface area contributed by atoms with Crippen molar-refractivity contribution in [2.45, 2.75) is 91.3 Å². The zero-order valence-corrected chi connectivity index (χ0v) is 27.3. The molecule has 0 aliphatic heterocycles. The van der Waals surface area contributed by atoms with Crippen molar-refractivity contribution >= 4 is 17.3 Å². The number of aromatic nitrogens is 2. The van der Waals surface area contributed by atoms with Gasteiger partial charge in [-0.05, 0) is 84.9 Å². The Morgan fingerprint density at radius 2 is 1.79 bits per heavy atom. The number of rotatable bonds is 15. The summed E-state index contributed by atoms with van der Waals surface area (Å²) in [6.07, 6.45) is 23.7. The second-order valence-corrected chi connectivity index (χ2v) is 12.0. The summed E-state index contributed by atoms with van der Waals surface area (Å²) in [5.74, 6) is 1.55. The minimum absolute atomic E-state index is 0.255. The average Bonchev–Trinajstić information content (AvgIpc) is 2.95. The van der Waals surface area contributed by atoms with Crippen molar-refractivity contribution in [3.05, 3.63) is 83.9 Å². The SMILES string of the molecule is C=C([C@H](CC(C)C)N(C)C)N(C)C1CCC(Nc2ncnc(N)c2C(=N)C(/C=C\C)=C/C=C/C/C(C)=C/C=C\C)CC1. The number of hydrogen-bond donors (Lipinski definition) is 3. The van der Waals surface area contributed by atoms with Crippen molar-refractivity contribution in [1.29, 1.82) is 5.41 Å². The number of nitrogens with two attached hydrogens (primary N) is 1. The Morgan fingerprint density at radius 1 is 1.10 bits per heavy atom. The third-order valence-corrected chi connectivity index (χ3v) is 7.93. The molecule has 2 rings (SSSR count). The fourth-order valence-corrected chi connectivity index (χ4v) is 5.42. The summed E-state index contributed by atoms with van der Waals surface area (Å²) in [6.45, 7) is 15.1. The quantitative estimate of drug-likeness (QED) is 0.148. The minimum atomic E-state index is 0.255. The van der Waals surface area contributed by atoms with E-state index in [4.69, 9.17) is 11.1 Å². The highest BCUT2D eigenvalue weighted by Gasteiger charge is 2.29. The molecule has 0 aromatic carbocycles. The molecule has 7 nitrogen and oxygen atoms in total. The Kier molecular flexibility index (Phi) is 14.5. The van der Waals surface area contributed by atoms with E-state index >= 15 is 0 Å². The van der Waals surface area contributed by atoms with Crippen LogP contribution in [-0.2, 0) is 0 Å². The largest absolute Gasteiger partial charge is 0.383 e. The van der Waals surface area contributed by atoms with Crippen molar-refractivity contribution in [1.82, 2.24) is 19.8 Å². The van der Waals surface area contributed by atoms with Crippen molar-refractivity contribution < 1.29 is 0 Å². The molecule has 0 bridgehead atoms. The van der Waals surface area contributed by atoms with Gasteiger partial charge in [0.25, 0.3) is 0 Å². The van der Waals surface area contributed by atoms with E-state index in [1.54, 1.807) is 0 Å². The Bertz CT molecular complexity index is 1180. The lowest BCUT2D eigenvalue weighted by Crippen LogP contribution is -2.43. The Morgan fingerprint density at radius 3 is 2.38 bits per heavy atom. The highest BCUT2D eigenvalue weighted by atomic mass is 15.2. The van der Waals surface area contributed by atoms with Crippen molar-refractivity contribution in [2.24, 2.45) is 5.92 Å². The van der Waals surface area contributed by atoms with Gasteiger partial charge >= 0.3 is 0 Å². The third-order valence-electron chi connectivity index (χ3n) is 7.93. The second kappa shape index (κ2) is 17.5. The van der Waals surface area contributed by atoms with Gasteiger partial charge < -0.3 is 20.9 Å². The lowest BCUT2D eigenvalue weighted by Gasteiger charge is -2.41. The number of nitrogens with one attached hydrogen (secondary N) is 2. The molecule has 230 valence electrons. The van der Waals surface area contributed by atoms with Gasteiger partial charge in [-0.25, -0.2) is 9.97 Å². The maximum Gasteiger partial charge on any atom is 0.141 e. The molecule has 1 aromatic heterocycles. The summed E-state index contributed by atoms with van der Waals surface area (Å²) in [7, 11) is 6.49. The van der Waals surface area contributed by atoms with E-state index in [2.05, 4.69) is 85.7 Å². The first-order valence-corrected chi connectivity index (χ1v) is 15.3. The number of anilines is 2. The van der Waals surface area contributed by atoms with Gasteiger partial charge in [0.15, 0.2) is 0 Å². The van der Waals surface area contributed by atoms with Crippen molar-refractivity contribution in [3.63, 3.8) is 0 Å². The smallest absolute Gasteiger partial charge is 0.141 e. The van der Waals surface area contributed by atoms with E-state index in [-0.39, 0.29) is 6.04 Å². The van der Waals surface area contributed by atoms with Crippen LogP contribution < -0.4 is 11.1 Å². The van der Waals surface area contributed by atoms with Crippen LogP contribution in [0.5, 0.6) is 0 Å². The number of nitrogen functional groups attached to an aromatic ring is 1. The number of likely N-dealkylation sites (N-methyl/N-ethyl adjacent to an activating group) is 2. The molecule has 0 spiro atoms. The molecule has 1 atom stereocenters. The summed E-state index contributed by atoms with van der Waals surface area (Å²) in [6, 6.07) is 1.06. The molecule has 7 heteroatoms. The van der Waals surface area contributed by atoms with Gasteiger partial charge in [0.2, 0.25) is 0 Å². The zero-order chi connectivity index (χ0) is 31.2. The van der Waals surface area contributed by atoms with Crippen molar-refractivity contribution in [3.8, 4) is 0 Å². The normalized spacial score (nSPS) is 19.4. The molecule has 1 aromatic rings. The monoisotopic (exact) mass is 573 g/mol. The summed E-state index contributed by atoms with van der Waals surface area (Å²) in [5.41, 5.74) is 10.4. The number of allylic oxidation sites excluding steroid dienone is 10. The van der Waals surface area contributed by atoms with Gasteiger partial charge in [-0.1, -0.05) is 74.6 Å². The average molecular weight is 574 g/mol. The van der Waals surface area contributed by atoms with Gasteiger partial charge in [0.05, 0.1) is 11.3 Å². The molecule has 1 fully saturated rings. The fourth-order valence-electron chi connectivity index (χ4n) is 5.42. The Balaban J connectivity index is 2.14. The van der Waals surface area contributed by atoms with Crippen LogP contribution in [0.25, 0.3) is 0 Å². The molecule has 42 heavy (non-hydrogen) atoms. The van der Waals surface area contributed by atoms with E-state index in [9.17, 15) is 0 Å². The molecule has 0 radical (unpaired) electrons. The molecule has 1 aliphatic rings. The van der Waals surface area contributed by atoms with E-state index in [1.807, 2.05) is 50.3 Å². The second-order valence-electron chi connectivity index (χ2n) is 12.0. The summed E-state index contributed by atoms with van der Waals surface area (Å²) < 4.78 is 0. The highest BCUT2D eigenvalue weighted by Crippen LogP contribution is 2.30. The van der Waals surface area contributed by atoms with Gasteiger partial charge in [0.1, 0.15) is 18.0 Å². The van der Waals surface area contributed by atoms with Crippen LogP contribution in [0.15, 0.2) is 78.4 Å². The summed E-state index contributed by atoms with van der Waals surface area (Å²) in [4.78, 5) is 13.5. The molecule has 0 amide bonds. The lowest BCUT2D eigenvalue weighted by atomic mass is 9.89. The van der Waals surface area contributed by atoms with Crippen LogP contribution in [0, 0.1) is 11.3 Å². The first-order valence-electron chi connectivity index (χ1n) is 15.3. The molecule has 1 heterocycles. The van der Waals surface area contributed by atoms with Crippen molar-refractivity contribution in [2.75, 3.05) is 32.2 Å². The molecule has 0 unspecified atom stereocenters. The van der Waals surface area contributed by atoms with Crippen LogP contribution in [0.2, 0.25) is 0 Å². The van der Waals surface area contributed by atoms with E-state index in [0.717, 1.165) is 44.1 Å². The van der Waals surface area contributed by atoms with Gasteiger partial charge in [-0.2, -0.15) is 0 Å². The molecular formula is C35H55N7. The van der Waals surface area contributed by atoms with Gasteiger partial charge in [-0.3, -0.25) is 5.41 Å². The molecule has 4 N–H and O–H groups in total. The third kappa shape index (κ3) is 10.4. The number of hydrogen-bond acceptors (Lipinski definition) is 7. The molecule has 0 saturated heterocycles. The Labute approximate surface area is 255 Å². The van der Waals surface area contributed by atoms with Crippen LogP contribution in [-0.4, -0.2) is 64.7 Å². The topological polar surface area (TPSA) is 94.2 Å². The zero-order valence-electron chi connectivity index (χ0n) is 27.3. The van der Waals surface area contributed by atoms with E-state index in [1.165, 1.54) is 17.6 Å². The van der Waals surface area contributed by atoms with Gasteiger partial charge in [0, 0.05) is 30.9 Å². The predicted octanol–water partition coefficient (Wildman–Crippen LogP) is 7.54. The first kappa shape index (κ1) is 34.7. The Hall–Kier alpha value is -3.45. The number of nitrogens with zero attached hydrogens (tertiary/aromatic N) is 4.